The van der Waals surface area contributed by atoms with E-state index in [-0.39, 0.29) is 95.7 Å². The van der Waals surface area contributed by atoms with Crippen LogP contribution in [0.4, 0.5) is 0 Å². The van der Waals surface area contributed by atoms with E-state index in [0.717, 1.165) is 38.3 Å². The predicted molar refractivity (Wildman–Crippen MR) is 390 cm³/mol. The molecule has 4 fully saturated rings. The van der Waals surface area contributed by atoms with Crippen molar-refractivity contribution < 1.29 is 76.1 Å². The largest absolute Gasteiger partial charge is 0.481 e. The number of amides is 3. The molecule has 3 amide bonds. The maximum absolute atomic E-state index is 12.4. The predicted octanol–water partition coefficient (Wildman–Crippen LogP) is 9.43. The lowest BCUT2D eigenvalue weighted by Gasteiger charge is -2.39. The van der Waals surface area contributed by atoms with Gasteiger partial charge in [0.1, 0.15) is 12.0 Å². The highest BCUT2D eigenvalue weighted by Crippen LogP contribution is 2.31. The summed E-state index contributed by atoms with van der Waals surface area (Å²) in [6.07, 6.45) is 6.58. The number of allylic oxidation sites excluding steroid dienone is 1. The van der Waals surface area contributed by atoms with Crippen LogP contribution >= 0.6 is 12.4 Å². The van der Waals surface area contributed by atoms with Gasteiger partial charge in [-0.25, -0.2) is 14.8 Å². The summed E-state index contributed by atoms with van der Waals surface area (Å²) >= 11 is 0. The standard InChI is InChI=1S/C18H19N3O3.C17H14N4O2.C15H14N2O3.C9H11N.C6H5NO4.C5H13NO2.C2H4O2.CH4N2.CH4.ClH/c1-20(2)9-8-16(22)17-10-15(19-24-17)18(23)21-11-14(12-21)13-6-4-3-5-7-13;22-17(21-9-13(10-21)12-4-2-1-3-5-12)15-8-16(23-20-15)14-6-7-18-11-19-14;1-10(18)14-7-13(16-20-14)15(19)17-8-12(9-17)11-5-3-2-4-6-11;1-2-4-8(5-3-1)9-6-10-7-9;1-3(8)5-2-4(6(9)10)7-11-5;1-6(2)5(7-3)8-4;1-2(3)4;2-1-3;;/h3-10,14H,11-12H2,1-2H3;1-8,11,13H,9-10H2;2-7,12H,8-9H2,1H3;1-5,9-10H,6-7H2;2H,1H3,(H,9,10);5H,1-4H3;1H3,(H,3,4);1H,(H3,2,3);1H4;1H/b9-8+;;;;;;;;;. The molecule has 0 aliphatic carbocycles. The summed E-state index contributed by atoms with van der Waals surface area (Å²) in [5.74, 6) is -0.922. The molecule has 105 heavy (non-hydrogen) atoms. The molecule has 31 heteroatoms. The second kappa shape index (κ2) is 44.0. The van der Waals surface area contributed by atoms with Gasteiger partial charge in [-0.05, 0) is 42.4 Å². The number of hydrogen-bond acceptors (Lipinski definition) is 24. The number of carbonyl (C=O) groups is 8. The third-order valence-electron chi connectivity index (χ3n) is 15.4. The minimum absolute atomic E-state index is 0. The third-order valence-corrected chi connectivity index (χ3v) is 15.4. The minimum atomic E-state index is -1.21. The van der Waals surface area contributed by atoms with E-state index >= 15 is 0 Å². The van der Waals surface area contributed by atoms with Crippen LogP contribution in [0.1, 0.15) is 148 Å². The average molecular weight is 1470 g/mol. The van der Waals surface area contributed by atoms with Crippen LogP contribution in [0, 0.1) is 5.41 Å². The normalized spacial score (nSPS) is 13.3. The Labute approximate surface area is 614 Å². The van der Waals surface area contributed by atoms with Crippen molar-refractivity contribution in [2.75, 3.05) is 94.8 Å². The molecule has 13 rings (SSSR count). The van der Waals surface area contributed by atoms with Crippen LogP contribution < -0.4 is 11.1 Å². The summed E-state index contributed by atoms with van der Waals surface area (Å²) in [4.78, 5) is 106. The summed E-state index contributed by atoms with van der Waals surface area (Å²) in [6.45, 7) is 10.1. The number of carboxylic acid groups (broad SMARTS) is 2. The fraction of sp³-hybridized carbons (Fsp3) is 0.311. The van der Waals surface area contributed by atoms with Crippen molar-refractivity contribution >= 4 is 65.8 Å². The Bertz CT molecular complexity index is 4140. The van der Waals surface area contributed by atoms with E-state index in [4.69, 9.17) is 43.5 Å². The molecule has 0 bridgehead atoms. The smallest absolute Gasteiger partial charge is 0.358 e. The highest BCUT2D eigenvalue weighted by atomic mass is 35.5. The van der Waals surface area contributed by atoms with E-state index in [1.54, 1.807) is 58.3 Å². The van der Waals surface area contributed by atoms with Crippen molar-refractivity contribution in [3.63, 3.8) is 0 Å². The van der Waals surface area contributed by atoms with Crippen molar-refractivity contribution in [2.24, 2.45) is 5.73 Å². The molecule has 0 unspecified atom stereocenters. The number of aliphatic carboxylic acids is 1. The fourth-order valence-electron chi connectivity index (χ4n) is 9.80. The molecular weight excluding hydrogens is 1380 g/mol. The van der Waals surface area contributed by atoms with Crippen LogP contribution in [0.2, 0.25) is 0 Å². The molecule has 0 atom stereocenters. The van der Waals surface area contributed by atoms with Crippen molar-refractivity contribution in [3.8, 4) is 11.5 Å². The first-order valence-electron chi connectivity index (χ1n) is 32.1. The molecule has 5 aromatic heterocycles. The number of hydrogen-bond donors (Lipinski definition) is 5. The van der Waals surface area contributed by atoms with Crippen LogP contribution in [-0.2, 0) is 14.3 Å². The number of aromatic nitrogens is 6. The zero-order valence-corrected chi connectivity index (χ0v) is 59.7. The summed E-state index contributed by atoms with van der Waals surface area (Å²) in [6, 6.07) is 48.3. The van der Waals surface area contributed by atoms with Gasteiger partial charge in [-0.15, -0.1) is 12.4 Å². The van der Waals surface area contributed by atoms with Crippen LogP contribution in [0.5, 0.6) is 0 Å². The van der Waals surface area contributed by atoms with Gasteiger partial charge in [0, 0.05) is 168 Å². The molecule has 30 nitrogen and oxygen atoms in total. The SMILES string of the molecule is C.CC(=O)O.CC(=O)c1cc(C(=O)N2CC(c3ccccc3)C2)no1.CC(=O)c1cc(C(=O)O)no1.CN(C)/C=C/C(=O)c1cc(C(=O)N2CC(c3ccccc3)C2)no1.COC(OC)N(C)C.Cl.N=CN.O=C(c1cc(-c2ccncn2)on1)N1CC(c2ccccc2)C1.c1ccc(C2CNC2)cc1. The van der Waals surface area contributed by atoms with E-state index in [1.165, 1.54) is 60.6 Å². The first-order valence-corrected chi connectivity index (χ1v) is 32.1. The molecule has 6 N–H and O–H groups in total. The molecule has 9 aromatic rings. The van der Waals surface area contributed by atoms with E-state index in [1.807, 2.05) is 87.7 Å². The van der Waals surface area contributed by atoms with E-state index in [0.29, 0.717) is 74.2 Å². The molecule has 0 spiro atoms. The van der Waals surface area contributed by atoms with Crippen LogP contribution in [-0.4, -0.2) is 220 Å². The number of benzene rings is 4. The Hall–Kier alpha value is -11.7. The second-order valence-corrected chi connectivity index (χ2v) is 23.6. The Morgan fingerprint density at radius 3 is 1.19 bits per heavy atom. The lowest BCUT2D eigenvalue weighted by molar-refractivity contribution is -0.179. The van der Waals surface area contributed by atoms with Gasteiger partial charge in [0.25, 0.3) is 23.7 Å². The lowest BCUT2D eigenvalue weighted by atomic mass is 9.91. The van der Waals surface area contributed by atoms with Crippen LogP contribution in [0.3, 0.4) is 0 Å². The second-order valence-electron chi connectivity index (χ2n) is 23.6. The number of nitrogens with zero attached hydrogens (tertiary/aromatic N) is 11. The summed E-state index contributed by atoms with van der Waals surface area (Å²) in [5.41, 5.74) is 10.6. The Balaban J connectivity index is 0.000000270. The van der Waals surface area contributed by atoms with Crippen molar-refractivity contribution in [1.82, 2.24) is 60.4 Å². The lowest BCUT2D eigenvalue weighted by Crippen LogP contribution is -2.48. The van der Waals surface area contributed by atoms with E-state index in [2.05, 4.69) is 113 Å². The highest BCUT2D eigenvalue weighted by Gasteiger charge is 2.36. The minimum Gasteiger partial charge on any atom is -0.481 e. The summed E-state index contributed by atoms with van der Waals surface area (Å²) in [5, 5.41) is 39.3. The Morgan fingerprint density at radius 2 is 0.895 bits per heavy atom. The molecule has 4 aromatic carbocycles. The van der Waals surface area contributed by atoms with Crippen molar-refractivity contribution in [1.29, 1.82) is 5.41 Å². The van der Waals surface area contributed by atoms with Crippen molar-refractivity contribution in [3.05, 3.63) is 239 Å². The monoisotopic (exact) mass is 1460 g/mol. The first-order chi connectivity index (χ1) is 49.4. The number of likely N-dealkylation sites (tertiary alicyclic amines) is 3. The molecule has 9 heterocycles. The Morgan fingerprint density at radius 1 is 0.552 bits per heavy atom. The zero-order valence-electron chi connectivity index (χ0n) is 58.9. The molecular formula is C74H89ClN14O16. The number of methoxy groups -OCH3 is 2. The van der Waals surface area contributed by atoms with Gasteiger partial charge in [0.05, 0.1) is 6.34 Å². The number of nitrogens with one attached hydrogen (secondary N) is 2. The topological polar surface area (TPSA) is 403 Å². The number of nitrogens with two attached hydrogens (primary N) is 1. The highest BCUT2D eigenvalue weighted by molar-refractivity contribution is 6.04. The number of ether oxygens (including phenoxy) is 2. The maximum Gasteiger partial charge on any atom is 0.358 e. The van der Waals surface area contributed by atoms with Gasteiger partial charge < -0.3 is 68.4 Å². The number of rotatable bonds is 17. The number of halogens is 1. The summed E-state index contributed by atoms with van der Waals surface area (Å²) < 4.78 is 29.2. The Kier molecular flexibility index (Phi) is 35.9. The van der Waals surface area contributed by atoms with E-state index in [9.17, 15) is 33.6 Å². The maximum atomic E-state index is 12.4. The number of aromatic carboxylic acids is 1. The van der Waals surface area contributed by atoms with Gasteiger partial charge in [0.2, 0.25) is 29.5 Å². The van der Waals surface area contributed by atoms with Gasteiger partial charge in [0.15, 0.2) is 40.1 Å². The molecule has 4 saturated heterocycles. The van der Waals surface area contributed by atoms with Crippen LogP contribution in [0.15, 0.2) is 195 Å². The van der Waals surface area contributed by atoms with Gasteiger partial charge in [-0.3, -0.25) is 43.9 Å². The van der Waals surface area contributed by atoms with E-state index < -0.39 is 11.9 Å². The number of carboxylic acids is 2. The van der Waals surface area contributed by atoms with Crippen LogP contribution in [0.25, 0.3) is 11.5 Å². The van der Waals surface area contributed by atoms with Gasteiger partial charge in [-0.1, -0.05) is 149 Å². The first kappa shape index (κ1) is 85.7. The molecule has 4 aliphatic rings. The van der Waals surface area contributed by atoms with Gasteiger partial charge in [-0.2, -0.15) is 0 Å². The molecule has 0 saturated carbocycles. The van der Waals surface area contributed by atoms with Crippen molar-refractivity contribution in [2.45, 2.75) is 58.3 Å². The third kappa shape index (κ3) is 26.9. The fourth-order valence-corrected chi connectivity index (χ4v) is 9.80. The number of Topliss-reactive ketones (excluding diaryl/α,β-unsaturated/α-hetero) is 2. The quantitative estimate of drug-likeness (QED) is 0.0186. The van der Waals surface area contributed by atoms with Gasteiger partial charge >= 0.3 is 5.97 Å². The zero-order chi connectivity index (χ0) is 75.0. The molecule has 4 aliphatic heterocycles. The molecule has 558 valence electrons. The molecule has 0 radical (unpaired) electrons. The number of carbonyl (C=O) groups excluding carboxylic acids is 6. The average Bonchev–Trinajstić information content (AvgIpc) is 1.78. The summed E-state index contributed by atoms with van der Waals surface area (Å²) in [7, 11) is 10.6. The number of ketones is 3.